The number of rotatable bonds is 4. The highest BCUT2D eigenvalue weighted by atomic mass is 35.5. The number of carbonyl (C=O) groups excluding carboxylic acids is 1. The van der Waals surface area contributed by atoms with E-state index in [0.717, 1.165) is 27.3 Å². The van der Waals surface area contributed by atoms with Crippen LogP contribution in [-0.2, 0) is 11.3 Å². The number of aromatic nitrogens is 1. The minimum atomic E-state index is -0.151. The summed E-state index contributed by atoms with van der Waals surface area (Å²) < 4.78 is 7.66. The summed E-state index contributed by atoms with van der Waals surface area (Å²) in [5.41, 5.74) is 4.62. The van der Waals surface area contributed by atoms with Gasteiger partial charge in [-0.1, -0.05) is 41.9 Å². The molecule has 0 aliphatic carbocycles. The number of benzene rings is 3. The van der Waals surface area contributed by atoms with E-state index in [-0.39, 0.29) is 12.5 Å². The molecule has 5 nitrogen and oxygen atoms in total. The van der Waals surface area contributed by atoms with E-state index in [2.05, 4.69) is 15.3 Å². The number of carbonyl (C=O) groups is 1. The summed E-state index contributed by atoms with van der Waals surface area (Å²) in [5, 5.41) is 5.66. The maximum Gasteiger partial charge on any atom is 0.262 e. The van der Waals surface area contributed by atoms with E-state index in [9.17, 15) is 4.79 Å². The fourth-order valence-electron chi connectivity index (χ4n) is 3.48. The van der Waals surface area contributed by atoms with E-state index in [1.807, 2.05) is 72.8 Å². The second-order valence-corrected chi connectivity index (χ2v) is 8.39. The molecule has 0 radical (unpaired) electrons. The standard InChI is InChI=1S/C24H18ClN3O2S/c25-18-6-4-5-16(11-18)13-28-21(15-31-24(28)26-19-7-2-1-3-8-19)17-9-10-22-20(12-17)27-23(29)14-30-22/h1-12,15H,13-14H2,(H,27,29). The third-order valence-corrected chi connectivity index (χ3v) is 6.02. The van der Waals surface area contributed by atoms with Crippen LogP contribution in [0.1, 0.15) is 5.56 Å². The van der Waals surface area contributed by atoms with Gasteiger partial charge in [0.1, 0.15) is 5.75 Å². The van der Waals surface area contributed by atoms with Crippen molar-refractivity contribution in [2.45, 2.75) is 6.54 Å². The van der Waals surface area contributed by atoms with E-state index < -0.39 is 0 Å². The van der Waals surface area contributed by atoms with Crippen molar-refractivity contribution in [2.75, 3.05) is 11.9 Å². The molecule has 0 unspecified atom stereocenters. The number of ether oxygens (including phenoxy) is 1. The molecular formula is C24H18ClN3O2S. The van der Waals surface area contributed by atoms with Crippen molar-refractivity contribution in [3.05, 3.63) is 93.6 Å². The molecule has 1 aromatic heterocycles. The van der Waals surface area contributed by atoms with Gasteiger partial charge < -0.3 is 14.6 Å². The quantitative estimate of drug-likeness (QED) is 0.450. The zero-order valence-corrected chi connectivity index (χ0v) is 18.0. The van der Waals surface area contributed by atoms with Crippen molar-refractivity contribution in [3.63, 3.8) is 0 Å². The molecule has 1 amide bonds. The summed E-state index contributed by atoms with van der Waals surface area (Å²) >= 11 is 7.79. The Hall–Kier alpha value is -3.35. The van der Waals surface area contributed by atoms with Crippen LogP contribution in [0.15, 0.2) is 83.2 Å². The number of nitrogens with zero attached hydrogens (tertiary/aromatic N) is 2. The molecule has 5 rings (SSSR count). The lowest BCUT2D eigenvalue weighted by Gasteiger charge is -2.19. The number of fused-ring (bicyclic) bond motifs is 1. The first kappa shape index (κ1) is 19.6. The van der Waals surface area contributed by atoms with Crippen molar-refractivity contribution in [1.82, 2.24) is 4.57 Å². The average Bonchev–Trinajstić information content (AvgIpc) is 3.16. The normalized spacial score (nSPS) is 13.5. The maximum absolute atomic E-state index is 11.8. The molecular weight excluding hydrogens is 430 g/mol. The molecule has 2 heterocycles. The van der Waals surface area contributed by atoms with E-state index in [0.29, 0.717) is 23.0 Å². The molecule has 7 heteroatoms. The molecule has 0 saturated heterocycles. The van der Waals surface area contributed by atoms with Crippen LogP contribution in [-0.4, -0.2) is 17.1 Å². The van der Waals surface area contributed by atoms with Gasteiger partial charge in [0.25, 0.3) is 5.91 Å². The summed E-state index contributed by atoms with van der Waals surface area (Å²) in [4.78, 5) is 17.5. The molecule has 1 aliphatic rings. The van der Waals surface area contributed by atoms with E-state index in [4.69, 9.17) is 21.3 Å². The predicted octanol–water partition coefficient (Wildman–Crippen LogP) is 5.48. The molecule has 0 spiro atoms. The summed E-state index contributed by atoms with van der Waals surface area (Å²) in [6.45, 7) is 0.657. The Morgan fingerprint density at radius 1 is 1.06 bits per heavy atom. The van der Waals surface area contributed by atoms with Crippen molar-refractivity contribution < 1.29 is 9.53 Å². The lowest BCUT2D eigenvalue weighted by molar-refractivity contribution is -0.118. The molecule has 154 valence electrons. The largest absolute Gasteiger partial charge is 0.482 e. The Morgan fingerprint density at radius 3 is 2.77 bits per heavy atom. The highest BCUT2D eigenvalue weighted by molar-refractivity contribution is 7.07. The van der Waals surface area contributed by atoms with Crippen LogP contribution in [0, 0.1) is 0 Å². The zero-order valence-electron chi connectivity index (χ0n) is 16.4. The molecule has 0 bridgehead atoms. The Labute approximate surface area is 188 Å². The van der Waals surface area contributed by atoms with Crippen LogP contribution < -0.4 is 14.9 Å². The van der Waals surface area contributed by atoms with E-state index in [1.165, 1.54) is 0 Å². The fraction of sp³-hybridized carbons (Fsp3) is 0.0833. The summed E-state index contributed by atoms with van der Waals surface area (Å²) in [6, 6.07) is 23.5. The van der Waals surface area contributed by atoms with Gasteiger partial charge >= 0.3 is 0 Å². The number of hydrogen-bond donors (Lipinski definition) is 1. The molecule has 31 heavy (non-hydrogen) atoms. The average molecular weight is 448 g/mol. The first-order valence-electron chi connectivity index (χ1n) is 9.75. The van der Waals surface area contributed by atoms with Crippen molar-refractivity contribution in [3.8, 4) is 17.0 Å². The fourth-order valence-corrected chi connectivity index (χ4v) is 4.62. The monoisotopic (exact) mass is 447 g/mol. The minimum absolute atomic E-state index is 0.0413. The van der Waals surface area contributed by atoms with Crippen LogP contribution in [0.25, 0.3) is 11.3 Å². The van der Waals surface area contributed by atoms with E-state index >= 15 is 0 Å². The number of halogens is 1. The number of thiazole rings is 1. The third kappa shape index (κ3) is 4.26. The highest BCUT2D eigenvalue weighted by Gasteiger charge is 2.18. The first-order chi connectivity index (χ1) is 15.2. The van der Waals surface area contributed by atoms with Crippen LogP contribution in [0.3, 0.4) is 0 Å². The molecule has 0 fully saturated rings. The SMILES string of the molecule is O=C1COc2ccc(-c3csc(=Nc4ccccc4)n3Cc3cccc(Cl)c3)cc2N1. The van der Waals surface area contributed by atoms with Crippen LogP contribution in [0.5, 0.6) is 5.75 Å². The number of hydrogen-bond acceptors (Lipinski definition) is 4. The van der Waals surface area contributed by atoms with Crippen molar-refractivity contribution >= 4 is 40.2 Å². The van der Waals surface area contributed by atoms with Crippen molar-refractivity contribution in [2.24, 2.45) is 4.99 Å². The van der Waals surface area contributed by atoms with Crippen LogP contribution in [0.2, 0.25) is 5.02 Å². The molecule has 1 aliphatic heterocycles. The lowest BCUT2D eigenvalue weighted by Crippen LogP contribution is -2.25. The Balaban J connectivity index is 1.63. The van der Waals surface area contributed by atoms with Crippen LogP contribution >= 0.6 is 22.9 Å². The summed E-state index contributed by atoms with van der Waals surface area (Å²) in [7, 11) is 0. The van der Waals surface area contributed by atoms with Gasteiger partial charge in [-0.3, -0.25) is 4.79 Å². The van der Waals surface area contributed by atoms with Gasteiger partial charge in [0, 0.05) is 16.0 Å². The number of para-hydroxylation sites is 1. The van der Waals surface area contributed by atoms with Crippen molar-refractivity contribution in [1.29, 1.82) is 0 Å². The highest BCUT2D eigenvalue weighted by Crippen LogP contribution is 2.33. The minimum Gasteiger partial charge on any atom is -0.482 e. The van der Waals surface area contributed by atoms with Gasteiger partial charge in [-0.2, -0.15) is 0 Å². The topological polar surface area (TPSA) is 55.6 Å². The molecule has 1 N–H and O–H groups in total. The van der Waals surface area contributed by atoms with Gasteiger partial charge in [-0.15, -0.1) is 11.3 Å². The van der Waals surface area contributed by atoms with Gasteiger partial charge in [-0.25, -0.2) is 4.99 Å². The third-order valence-electron chi connectivity index (χ3n) is 4.92. The first-order valence-corrected chi connectivity index (χ1v) is 11.0. The lowest BCUT2D eigenvalue weighted by atomic mass is 10.1. The molecule has 3 aromatic carbocycles. The molecule has 0 atom stereocenters. The van der Waals surface area contributed by atoms with Gasteiger partial charge in [-0.05, 0) is 48.0 Å². The van der Waals surface area contributed by atoms with Crippen LogP contribution in [0.4, 0.5) is 11.4 Å². The van der Waals surface area contributed by atoms with Gasteiger partial charge in [0.15, 0.2) is 11.4 Å². The smallest absolute Gasteiger partial charge is 0.262 e. The number of anilines is 1. The Bertz CT molecular complexity index is 1330. The predicted molar refractivity (Wildman–Crippen MR) is 124 cm³/mol. The maximum atomic E-state index is 11.8. The summed E-state index contributed by atoms with van der Waals surface area (Å²) in [5.74, 6) is 0.524. The second-order valence-electron chi connectivity index (χ2n) is 7.11. The molecule has 4 aromatic rings. The van der Waals surface area contributed by atoms with E-state index in [1.54, 1.807) is 11.3 Å². The van der Waals surface area contributed by atoms with Gasteiger partial charge in [0.05, 0.1) is 23.6 Å². The second kappa shape index (κ2) is 8.41. The summed E-state index contributed by atoms with van der Waals surface area (Å²) in [6.07, 6.45) is 0. The van der Waals surface area contributed by atoms with Gasteiger partial charge in [0.2, 0.25) is 0 Å². The number of nitrogens with one attached hydrogen (secondary N) is 1. The zero-order chi connectivity index (χ0) is 21.2. The Morgan fingerprint density at radius 2 is 1.94 bits per heavy atom. The Kier molecular flexibility index (Phi) is 5.32. The molecule has 0 saturated carbocycles. The number of amides is 1.